The van der Waals surface area contributed by atoms with Crippen molar-refractivity contribution in [2.45, 2.75) is 46.7 Å². The first-order valence-corrected chi connectivity index (χ1v) is 10.6. The minimum absolute atomic E-state index is 0.0267. The second-order valence-corrected chi connectivity index (χ2v) is 8.05. The molecule has 0 bridgehead atoms. The molecule has 31 heavy (non-hydrogen) atoms. The molecule has 0 saturated carbocycles. The number of amides is 2. The minimum Gasteiger partial charge on any atom is -0.493 e. The Balaban J connectivity index is 2.16. The van der Waals surface area contributed by atoms with Crippen LogP contribution in [0.5, 0.6) is 11.5 Å². The van der Waals surface area contributed by atoms with E-state index in [1.807, 2.05) is 52.0 Å². The van der Waals surface area contributed by atoms with Crippen molar-refractivity contribution in [3.05, 3.63) is 47.9 Å². The summed E-state index contributed by atoms with van der Waals surface area (Å²) in [6, 6.07) is 9.31. The standard InChI is InChI=1S/C24H34N2O5/c1-17(2)24(28)26(18(3)4)16-23(27)25(15-20-8-7-13-31-20)12-11-19-9-10-21(29-5)22(14-19)30-6/h7-10,13-14,17-18H,11-12,15-16H2,1-6H3. The molecule has 0 aliphatic heterocycles. The van der Waals surface area contributed by atoms with Gasteiger partial charge < -0.3 is 23.7 Å². The summed E-state index contributed by atoms with van der Waals surface area (Å²) in [5.41, 5.74) is 1.02. The van der Waals surface area contributed by atoms with Crippen LogP contribution in [0, 0.1) is 5.92 Å². The highest BCUT2D eigenvalue weighted by Crippen LogP contribution is 2.27. The Morgan fingerprint density at radius 1 is 1.03 bits per heavy atom. The molecule has 0 radical (unpaired) electrons. The van der Waals surface area contributed by atoms with Crippen LogP contribution in [-0.4, -0.2) is 55.0 Å². The molecule has 0 atom stereocenters. The van der Waals surface area contributed by atoms with Crippen LogP contribution in [0.3, 0.4) is 0 Å². The van der Waals surface area contributed by atoms with E-state index in [-0.39, 0.29) is 30.3 Å². The van der Waals surface area contributed by atoms with Crippen molar-refractivity contribution >= 4 is 11.8 Å². The smallest absolute Gasteiger partial charge is 0.242 e. The van der Waals surface area contributed by atoms with E-state index in [9.17, 15) is 9.59 Å². The number of hydrogen-bond donors (Lipinski definition) is 0. The van der Waals surface area contributed by atoms with Crippen LogP contribution in [-0.2, 0) is 22.6 Å². The molecule has 2 rings (SSSR count). The molecule has 1 aromatic heterocycles. The fourth-order valence-electron chi connectivity index (χ4n) is 3.28. The number of carbonyl (C=O) groups excluding carboxylic acids is 2. The number of hydrogen-bond acceptors (Lipinski definition) is 5. The van der Waals surface area contributed by atoms with E-state index in [1.165, 1.54) is 0 Å². The summed E-state index contributed by atoms with van der Waals surface area (Å²) in [6.07, 6.45) is 2.22. The van der Waals surface area contributed by atoms with Gasteiger partial charge in [0, 0.05) is 18.5 Å². The summed E-state index contributed by atoms with van der Waals surface area (Å²) in [5, 5.41) is 0. The third kappa shape index (κ3) is 6.77. The molecule has 7 heteroatoms. The van der Waals surface area contributed by atoms with Crippen LogP contribution in [0.25, 0.3) is 0 Å². The summed E-state index contributed by atoms with van der Waals surface area (Å²) in [4.78, 5) is 29.2. The number of benzene rings is 1. The predicted octanol–water partition coefficient (Wildman–Crippen LogP) is 3.76. The maximum atomic E-state index is 13.2. The van der Waals surface area contributed by atoms with Crippen molar-refractivity contribution in [1.82, 2.24) is 9.80 Å². The highest BCUT2D eigenvalue weighted by Gasteiger charge is 2.25. The van der Waals surface area contributed by atoms with Gasteiger partial charge in [-0.25, -0.2) is 0 Å². The first kappa shape index (κ1) is 24.3. The molecule has 0 unspecified atom stereocenters. The van der Waals surface area contributed by atoms with Gasteiger partial charge in [0.05, 0.1) is 33.6 Å². The zero-order chi connectivity index (χ0) is 23.0. The molecule has 170 valence electrons. The summed E-state index contributed by atoms with van der Waals surface area (Å²) in [5.74, 6) is 1.71. The Hall–Kier alpha value is -2.96. The third-order valence-electron chi connectivity index (χ3n) is 5.10. The quantitative estimate of drug-likeness (QED) is 0.543. The Kier molecular flexibility index (Phi) is 8.97. The van der Waals surface area contributed by atoms with Gasteiger partial charge in [-0.05, 0) is 50.1 Å². The number of carbonyl (C=O) groups is 2. The lowest BCUT2D eigenvalue weighted by Crippen LogP contribution is -2.47. The van der Waals surface area contributed by atoms with Crippen molar-refractivity contribution < 1.29 is 23.5 Å². The monoisotopic (exact) mass is 430 g/mol. The number of nitrogens with zero attached hydrogens (tertiary/aromatic N) is 2. The van der Waals surface area contributed by atoms with Gasteiger partial charge in [0.15, 0.2) is 11.5 Å². The predicted molar refractivity (Wildman–Crippen MR) is 119 cm³/mol. The molecule has 0 aliphatic carbocycles. The molecule has 2 aromatic rings. The van der Waals surface area contributed by atoms with E-state index in [0.29, 0.717) is 36.8 Å². The number of furan rings is 1. The van der Waals surface area contributed by atoms with Crippen LogP contribution in [0.2, 0.25) is 0 Å². The van der Waals surface area contributed by atoms with E-state index in [0.717, 1.165) is 5.56 Å². The second-order valence-electron chi connectivity index (χ2n) is 8.05. The van der Waals surface area contributed by atoms with E-state index >= 15 is 0 Å². The van der Waals surface area contributed by atoms with Crippen LogP contribution < -0.4 is 9.47 Å². The summed E-state index contributed by atoms with van der Waals surface area (Å²) in [6.45, 7) is 8.42. The fourth-order valence-corrected chi connectivity index (χ4v) is 3.28. The van der Waals surface area contributed by atoms with Gasteiger partial charge in [-0.15, -0.1) is 0 Å². The molecule has 7 nitrogen and oxygen atoms in total. The van der Waals surface area contributed by atoms with Crippen molar-refractivity contribution in [3.8, 4) is 11.5 Å². The fraction of sp³-hybridized carbons (Fsp3) is 0.500. The molecular formula is C24H34N2O5. The van der Waals surface area contributed by atoms with E-state index in [1.54, 1.807) is 36.3 Å². The normalized spacial score (nSPS) is 11.0. The second kappa shape index (κ2) is 11.4. The number of rotatable bonds is 11. The Morgan fingerprint density at radius 2 is 1.74 bits per heavy atom. The largest absolute Gasteiger partial charge is 0.493 e. The highest BCUT2D eigenvalue weighted by molar-refractivity contribution is 5.85. The zero-order valence-electron chi connectivity index (χ0n) is 19.4. The van der Waals surface area contributed by atoms with Gasteiger partial charge >= 0.3 is 0 Å². The van der Waals surface area contributed by atoms with Gasteiger partial charge in [-0.2, -0.15) is 0 Å². The minimum atomic E-state index is -0.166. The first-order chi connectivity index (χ1) is 14.8. The molecule has 0 fully saturated rings. The Morgan fingerprint density at radius 3 is 2.29 bits per heavy atom. The van der Waals surface area contributed by atoms with Crippen LogP contribution in [0.15, 0.2) is 41.0 Å². The Bertz CT molecular complexity index is 846. The lowest BCUT2D eigenvalue weighted by Gasteiger charge is -2.31. The van der Waals surface area contributed by atoms with E-state index in [4.69, 9.17) is 13.9 Å². The van der Waals surface area contributed by atoms with Crippen molar-refractivity contribution in [2.75, 3.05) is 27.3 Å². The number of methoxy groups -OCH3 is 2. The lowest BCUT2D eigenvalue weighted by atomic mass is 10.1. The highest BCUT2D eigenvalue weighted by atomic mass is 16.5. The SMILES string of the molecule is COc1ccc(CCN(Cc2ccco2)C(=O)CN(C(=O)C(C)C)C(C)C)cc1OC. The number of ether oxygens (including phenoxy) is 2. The van der Waals surface area contributed by atoms with E-state index in [2.05, 4.69) is 0 Å². The molecule has 0 aliphatic rings. The van der Waals surface area contributed by atoms with Crippen molar-refractivity contribution in [2.24, 2.45) is 5.92 Å². The molecular weight excluding hydrogens is 396 g/mol. The van der Waals surface area contributed by atoms with Crippen molar-refractivity contribution in [3.63, 3.8) is 0 Å². The lowest BCUT2D eigenvalue weighted by molar-refractivity contribution is -0.144. The van der Waals surface area contributed by atoms with Gasteiger partial charge in [-0.1, -0.05) is 19.9 Å². The van der Waals surface area contributed by atoms with Gasteiger partial charge in [0.1, 0.15) is 5.76 Å². The summed E-state index contributed by atoms with van der Waals surface area (Å²) in [7, 11) is 3.20. The maximum Gasteiger partial charge on any atom is 0.242 e. The average molecular weight is 431 g/mol. The van der Waals surface area contributed by atoms with Crippen LogP contribution in [0.4, 0.5) is 0 Å². The van der Waals surface area contributed by atoms with Gasteiger partial charge in [0.2, 0.25) is 11.8 Å². The van der Waals surface area contributed by atoms with Gasteiger partial charge in [-0.3, -0.25) is 9.59 Å². The average Bonchev–Trinajstić information content (AvgIpc) is 3.26. The van der Waals surface area contributed by atoms with Crippen molar-refractivity contribution in [1.29, 1.82) is 0 Å². The summed E-state index contributed by atoms with van der Waals surface area (Å²) >= 11 is 0. The topological polar surface area (TPSA) is 72.2 Å². The zero-order valence-corrected chi connectivity index (χ0v) is 19.4. The van der Waals surface area contributed by atoms with Crippen LogP contribution in [0.1, 0.15) is 39.0 Å². The van der Waals surface area contributed by atoms with Crippen LogP contribution >= 0.6 is 0 Å². The molecule has 2 amide bonds. The molecule has 0 N–H and O–H groups in total. The van der Waals surface area contributed by atoms with Gasteiger partial charge in [0.25, 0.3) is 0 Å². The Labute approximate surface area is 184 Å². The first-order valence-electron chi connectivity index (χ1n) is 10.6. The molecule has 0 saturated heterocycles. The maximum absolute atomic E-state index is 13.2. The molecule has 1 heterocycles. The third-order valence-corrected chi connectivity index (χ3v) is 5.10. The molecule has 1 aromatic carbocycles. The molecule has 0 spiro atoms. The van der Waals surface area contributed by atoms with E-state index < -0.39 is 0 Å². The summed E-state index contributed by atoms with van der Waals surface area (Å²) < 4.78 is 16.1.